The van der Waals surface area contributed by atoms with Gasteiger partial charge in [0.2, 0.25) is 0 Å². The van der Waals surface area contributed by atoms with E-state index in [0.717, 1.165) is 21.2 Å². The fraction of sp³-hybridized carbons (Fsp3) is 0.214. The Morgan fingerprint density at radius 3 is 2.68 bits per heavy atom. The van der Waals surface area contributed by atoms with Crippen molar-refractivity contribution < 1.29 is 9.90 Å². The van der Waals surface area contributed by atoms with Gasteiger partial charge >= 0.3 is 5.97 Å². The molecule has 0 bridgehead atoms. The smallest absolute Gasteiger partial charge is 0.335 e. The number of aromatic carboxylic acids is 1. The molecular weight excluding hydrogens is 282 g/mol. The largest absolute Gasteiger partial charge is 0.478 e. The lowest BCUT2D eigenvalue weighted by molar-refractivity contribution is 0.0697. The molecule has 1 atom stereocenters. The maximum atomic E-state index is 10.9. The normalized spacial score (nSPS) is 12.2. The molecule has 2 rings (SSSR count). The van der Waals surface area contributed by atoms with Crippen molar-refractivity contribution in [2.24, 2.45) is 0 Å². The van der Waals surface area contributed by atoms with Crippen molar-refractivity contribution >= 4 is 34.6 Å². The van der Waals surface area contributed by atoms with Gasteiger partial charge in [-0.05, 0) is 54.6 Å². The summed E-state index contributed by atoms with van der Waals surface area (Å²) in [7, 11) is 0. The minimum absolute atomic E-state index is 0.123. The first-order valence-corrected chi connectivity index (χ1v) is 7.07. The molecular formula is C14H14ClNO2S. The van der Waals surface area contributed by atoms with Gasteiger partial charge in [-0.15, -0.1) is 11.3 Å². The van der Waals surface area contributed by atoms with Crippen molar-refractivity contribution in [1.29, 1.82) is 0 Å². The van der Waals surface area contributed by atoms with Crippen LogP contribution in [0, 0.1) is 6.92 Å². The number of carbonyl (C=O) groups is 1. The Hall–Kier alpha value is -1.52. The maximum Gasteiger partial charge on any atom is 0.335 e. The highest BCUT2D eigenvalue weighted by Crippen LogP contribution is 2.28. The van der Waals surface area contributed by atoms with Crippen LogP contribution in [0.5, 0.6) is 0 Å². The molecule has 0 saturated carbocycles. The number of anilines is 1. The summed E-state index contributed by atoms with van der Waals surface area (Å²) in [5.74, 6) is -0.910. The van der Waals surface area contributed by atoms with E-state index in [-0.39, 0.29) is 6.04 Å². The summed E-state index contributed by atoms with van der Waals surface area (Å²) in [5, 5.41) is 14.3. The van der Waals surface area contributed by atoms with E-state index < -0.39 is 5.97 Å². The second-order valence-corrected chi connectivity index (χ2v) is 5.93. The SMILES string of the molecule is Cc1cc(C(=O)O)ccc1NC(C)c1csc(Cl)c1. The molecule has 1 heterocycles. The van der Waals surface area contributed by atoms with Gasteiger partial charge in [0.15, 0.2) is 0 Å². The maximum absolute atomic E-state index is 10.9. The van der Waals surface area contributed by atoms with E-state index in [2.05, 4.69) is 5.32 Å². The molecule has 100 valence electrons. The standard InChI is InChI=1S/C14H14ClNO2S/c1-8-5-10(14(17)18)3-4-12(8)16-9(2)11-6-13(15)19-7-11/h3-7,9,16H,1-2H3,(H,17,18). The number of rotatable bonds is 4. The average molecular weight is 296 g/mol. The topological polar surface area (TPSA) is 49.3 Å². The molecule has 3 nitrogen and oxygen atoms in total. The number of carboxylic acid groups (broad SMARTS) is 1. The van der Waals surface area contributed by atoms with Gasteiger partial charge in [0, 0.05) is 11.7 Å². The van der Waals surface area contributed by atoms with Crippen LogP contribution in [0.4, 0.5) is 5.69 Å². The Labute approximate surface area is 120 Å². The zero-order valence-corrected chi connectivity index (χ0v) is 12.2. The molecule has 0 aliphatic rings. The van der Waals surface area contributed by atoms with Crippen LogP contribution in [0.15, 0.2) is 29.6 Å². The molecule has 19 heavy (non-hydrogen) atoms. The van der Waals surface area contributed by atoms with Crippen molar-refractivity contribution in [3.8, 4) is 0 Å². The molecule has 2 N–H and O–H groups in total. The van der Waals surface area contributed by atoms with Crippen LogP contribution in [0.1, 0.15) is 34.5 Å². The summed E-state index contributed by atoms with van der Waals surface area (Å²) >= 11 is 7.42. The van der Waals surface area contributed by atoms with Crippen molar-refractivity contribution in [2.45, 2.75) is 19.9 Å². The molecule has 0 radical (unpaired) electrons. The number of benzene rings is 1. The van der Waals surface area contributed by atoms with Gasteiger partial charge in [0.1, 0.15) is 0 Å². The lowest BCUT2D eigenvalue weighted by atomic mass is 10.1. The first kappa shape index (κ1) is 13.9. The molecule has 0 amide bonds. The third kappa shape index (κ3) is 3.28. The first-order chi connectivity index (χ1) is 8.97. The minimum Gasteiger partial charge on any atom is -0.478 e. The van der Waals surface area contributed by atoms with E-state index in [1.165, 1.54) is 11.3 Å². The molecule has 1 aromatic carbocycles. The molecule has 5 heteroatoms. The minimum atomic E-state index is -0.910. The Bertz CT molecular complexity index is 609. The number of halogens is 1. The van der Waals surface area contributed by atoms with Gasteiger partial charge in [-0.2, -0.15) is 0 Å². The Balaban J connectivity index is 2.17. The van der Waals surface area contributed by atoms with E-state index in [9.17, 15) is 4.79 Å². The fourth-order valence-corrected chi connectivity index (χ4v) is 2.81. The van der Waals surface area contributed by atoms with Crippen LogP contribution in [-0.2, 0) is 0 Å². The highest BCUT2D eigenvalue weighted by atomic mass is 35.5. The number of carboxylic acids is 1. The Morgan fingerprint density at radius 2 is 2.16 bits per heavy atom. The van der Waals surface area contributed by atoms with Crippen LogP contribution < -0.4 is 5.32 Å². The summed E-state index contributed by atoms with van der Waals surface area (Å²) in [5.41, 5.74) is 3.26. The van der Waals surface area contributed by atoms with E-state index in [1.807, 2.05) is 25.3 Å². The lowest BCUT2D eigenvalue weighted by Crippen LogP contribution is -2.07. The van der Waals surface area contributed by atoms with Gasteiger partial charge in [-0.1, -0.05) is 11.6 Å². The van der Waals surface area contributed by atoms with Crippen LogP contribution in [-0.4, -0.2) is 11.1 Å². The van der Waals surface area contributed by atoms with Crippen LogP contribution in [0.2, 0.25) is 4.34 Å². The lowest BCUT2D eigenvalue weighted by Gasteiger charge is -2.16. The van der Waals surface area contributed by atoms with E-state index in [1.54, 1.807) is 18.2 Å². The van der Waals surface area contributed by atoms with Gasteiger partial charge in [-0.25, -0.2) is 4.79 Å². The summed E-state index contributed by atoms with van der Waals surface area (Å²) in [6, 6.07) is 7.12. The van der Waals surface area contributed by atoms with Gasteiger partial charge in [-0.3, -0.25) is 0 Å². The van der Waals surface area contributed by atoms with E-state index >= 15 is 0 Å². The van der Waals surface area contributed by atoms with Crippen LogP contribution in [0.25, 0.3) is 0 Å². The first-order valence-electron chi connectivity index (χ1n) is 5.82. The molecule has 0 aliphatic heterocycles. The summed E-state index contributed by atoms with van der Waals surface area (Å²) < 4.78 is 0.765. The molecule has 0 aliphatic carbocycles. The molecule has 1 aromatic heterocycles. The summed E-state index contributed by atoms with van der Waals surface area (Å²) in [6.07, 6.45) is 0. The zero-order chi connectivity index (χ0) is 14.0. The molecule has 0 saturated heterocycles. The monoisotopic (exact) mass is 295 g/mol. The van der Waals surface area contributed by atoms with Crippen molar-refractivity contribution in [2.75, 3.05) is 5.32 Å². The van der Waals surface area contributed by atoms with Crippen LogP contribution >= 0.6 is 22.9 Å². The second-order valence-electron chi connectivity index (χ2n) is 4.39. The zero-order valence-electron chi connectivity index (χ0n) is 10.6. The van der Waals surface area contributed by atoms with E-state index in [4.69, 9.17) is 16.7 Å². The summed E-state index contributed by atoms with van der Waals surface area (Å²) in [4.78, 5) is 10.9. The Morgan fingerprint density at radius 1 is 1.42 bits per heavy atom. The highest BCUT2D eigenvalue weighted by molar-refractivity contribution is 7.14. The fourth-order valence-electron chi connectivity index (χ4n) is 1.83. The van der Waals surface area contributed by atoms with Crippen molar-refractivity contribution in [1.82, 2.24) is 0 Å². The molecule has 1 unspecified atom stereocenters. The molecule has 0 spiro atoms. The molecule has 0 fully saturated rings. The highest BCUT2D eigenvalue weighted by Gasteiger charge is 2.10. The predicted molar refractivity (Wildman–Crippen MR) is 79.5 cm³/mol. The van der Waals surface area contributed by atoms with Gasteiger partial charge in [0.25, 0.3) is 0 Å². The number of hydrogen-bond acceptors (Lipinski definition) is 3. The second kappa shape index (κ2) is 5.63. The van der Waals surface area contributed by atoms with Crippen molar-refractivity contribution in [3.05, 3.63) is 50.7 Å². The third-order valence-corrected chi connectivity index (χ3v) is 4.04. The summed E-state index contributed by atoms with van der Waals surface area (Å²) in [6.45, 7) is 3.94. The van der Waals surface area contributed by atoms with Gasteiger partial charge in [0.05, 0.1) is 9.90 Å². The number of aryl methyl sites for hydroxylation is 1. The average Bonchev–Trinajstić information content (AvgIpc) is 2.78. The quantitative estimate of drug-likeness (QED) is 0.868. The van der Waals surface area contributed by atoms with Crippen molar-refractivity contribution in [3.63, 3.8) is 0 Å². The third-order valence-electron chi connectivity index (χ3n) is 2.93. The number of nitrogens with one attached hydrogen (secondary N) is 1. The number of thiophene rings is 1. The molecule has 2 aromatic rings. The van der Waals surface area contributed by atoms with E-state index in [0.29, 0.717) is 5.56 Å². The Kier molecular flexibility index (Phi) is 4.12. The predicted octanol–water partition coefficient (Wildman–Crippen LogP) is 4.58. The number of hydrogen-bond donors (Lipinski definition) is 2. The van der Waals surface area contributed by atoms with Gasteiger partial charge < -0.3 is 10.4 Å². The van der Waals surface area contributed by atoms with Crippen LogP contribution in [0.3, 0.4) is 0 Å².